The van der Waals surface area contributed by atoms with Gasteiger partial charge in [-0.1, -0.05) is 18.2 Å². The maximum absolute atomic E-state index is 12.9. The van der Waals surface area contributed by atoms with Crippen LogP contribution in [0.5, 0.6) is 0 Å². The second-order valence-corrected chi connectivity index (χ2v) is 6.74. The lowest BCUT2D eigenvalue weighted by atomic mass is 10.0. The first-order valence-corrected chi connectivity index (χ1v) is 8.58. The molecule has 2 aliphatic heterocycles. The molecular formula is C17H20ClN5O3. The number of rotatable bonds is 4. The zero-order chi connectivity index (χ0) is 18.8. The quantitative estimate of drug-likeness (QED) is 0.755. The summed E-state index contributed by atoms with van der Waals surface area (Å²) in [7, 11) is 2.03. The Hall–Kier alpha value is -2.42. The van der Waals surface area contributed by atoms with E-state index < -0.39 is 23.8 Å². The highest BCUT2D eigenvalue weighted by Gasteiger charge is 2.43. The van der Waals surface area contributed by atoms with Crippen molar-refractivity contribution in [2.75, 3.05) is 38.1 Å². The number of amides is 4. The van der Waals surface area contributed by atoms with Crippen molar-refractivity contribution in [3.63, 3.8) is 0 Å². The van der Waals surface area contributed by atoms with Gasteiger partial charge in [-0.15, -0.1) is 0 Å². The van der Waals surface area contributed by atoms with Crippen molar-refractivity contribution in [1.29, 1.82) is 0 Å². The molecule has 0 bridgehead atoms. The predicted molar refractivity (Wildman–Crippen MR) is 97.3 cm³/mol. The molecule has 2 N–H and O–H groups in total. The third-order valence-corrected chi connectivity index (χ3v) is 4.65. The summed E-state index contributed by atoms with van der Waals surface area (Å²) in [5.74, 6) is -2.52. The second kappa shape index (κ2) is 7.45. The number of likely N-dealkylation sites (N-methyl/N-ethyl adjacent to an activating group) is 1. The Bertz CT molecular complexity index is 743. The number of carbonyl (C=O) groups is 3. The Labute approximate surface area is 156 Å². The number of piperazine rings is 1. The topological polar surface area (TPSA) is 85.0 Å². The molecule has 2 saturated heterocycles. The van der Waals surface area contributed by atoms with Crippen molar-refractivity contribution in [3.8, 4) is 0 Å². The summed E-state index contributed by atoms with van der Waals surface area (Å²) in [6, 6.07) is 5.44. The molecule has 1 atom stereocenters. The molecule has 4 amide bonds. The van der Waals surface area contributed by atoms with Gasteiger partial charge in [-0.25, -0.2) is 14.7 Å². The molecule has 0 aromatic heterocycles. The minimum absolute atomic E-state index is 0.239. The van der Waals surface area contributed by atoms with Crippen LogP contribution in [0, 0.1) is 5.92 Å². The van der Waals surface area contributed by atoms with E-state index in [0.717, 1.165) is 31.1 Å². The summed E-state index contributed by atoms with van der Waals surface area (Å²) in [5.41, 5.74) is 3.61. The van der Waals surface area contributed by atoms with Crippen LogP contribution < -0.4 is 15.6 Å². The lowest BCUT2D eigenvalue weighted by Crippen LogP contribution is -2.61. The summed E-state index contributed by atoms with van der Waals surface area (Å²) in [4.78, 5) is 40.4. The highest BCUT2D eigenvalue weighted by atomic mass is 35.5. The zero-order valence-electron chi connectivity index (χ0n) is 14.4. The Morgan fingerprint density at radius 1 is 1.15 bits per heavy atom. The number of benzene rings is 1. The number of hydrazine groups is 1. The van der Waals surface area contributed by atoms with Gasteiger partial charge in [0.05, 0.1) is 5.69 Å². The van der Waals surface area contributed by atoms with Crippen LogP contribution >= 0.6 is 11.6 Å². The molecule has 0 saturated carbocycles. The number of hydrogen-bond donors (Lipinski definition) is 2. The summed E-state index contributed by atoms with van der Waals surface area (Å²) >= 11 is 5.85. The fourth-order valence-corrected chi connectivity index (χ4v) is 3.03. The molecule has 1 aromatic carbocycles. The molecule has 8 nitrogen and oxygen atoms in total. The second-order valence-electron chi connectivity index (χ2n) is 6.30. The highest BCUT2D eigenvalue weighted by Crippen LogP contribution is 2.24. The number of anilines is 1. The molecule has 1 aromatic rings. The molecule has 0 unspecified atom stereocenters. The minimum atomic E-state index is -1.19. The van der Waals surface area contributed by atoms with E-state index in [9.17, 15) is 14.4 Å². The molecule has 0 spiro atoms. The average Bonchev–Trinajstić information content (AvgIpc) is 2.58. The first-order chi connectivity index (χ1) is 12.4. The van der Waals surface area contributed by atoms with Crippen molar-refractivity contribution >= 4 is 35.1 Å². The van der Waals surface area contributed by atoms with Crippen LogP contribution in [-0.4, -0.2) is 61.0 Å². The fraction of sp³-hybridized carbons (Fsp3) is 0.353. The molecule has 2 heterocycles. The highest BCUT2D eigenvalue weighted by molar-refractivity contribution is 6.31. The van der Waals surface area contributed by atoms with E-state index in [-0.39, 0.29) is 5.70 Å². The number of urea groups is 1. The number of halogens is 1. The van der Waals surface area contributed by atoms with Crippen LogP contribution in [0.25, 0.3) is 0 Å². The molecule has 138 valence electrons. The molecular weight excluding hydrogens is 358 g/mol. The number of carbonyl (C=O) groups excluding carboxylic acids is 3. The normalized spacial score (nSPS) is 22.3. The average molecular weight is 378 g/mol. The lowest BCUT2D eigenvalue weighted by Gasteiger charge is -2.36. The van der Waals surface area contributed by atoms with E-state index in [0.29, 0.717) is 10.7 Å². The molecule has 0 aliphatic carbocycles. The Morgan fingerprint density at radius 3 is 2.38 bits per heavy atom. The monoisotopic (exact) mass is 377 g/mol. The maximum atomic E-state index is 12.9. The third-order valence-electron chi connectivity index (χ3n) is 4.40. The summed E-state index contributed by atoms with van der Waals surface area (Å²) < 4.78 is 0. The van der Waals surface area contributed by atoms with Crippen LogP contribution in [0.15, 0.2) is 36.5 Å². The largest absolute Gasteiger partial charge is 0.335 e. The van der Waals surface area contributed by atoms with Gasteiger partial charge in [0.15, 0.2) is 5.92 Å². The number of nitrogens with one attached hydrogen (secondary N) is 2. The number of hydrogen-bond acceptors (Lipinski definition) is 6. The van der Waals surface area contributed by atoms with Crippen LogP contribution in [0.1, 0.15) is 0 Å². The minimum Gasteiger partial charge on any atom is -0.322 e. The Balaban J connectivity index is 1.76. The fourth-order valence-electron chi connectivity index (χ4n) is 2.90. The van der Waals surface area contributed by atoms with Gasteiger partial charge < -0.3 is 10.3 Å². The zero-order valence-corrected chi connectivity index (χ0v) is 15.1. The van der Waals surface area contributed by atoms with Gasteiger partial charge in [0.1, 0.15) is 0 Å². The van der Waals surface area contributed by atoms with Gasteiger partial charge in [-0.3, -0.25) is 14.9 Å². The van der Waals surface area contributed by atoms with Gasteiger partial charge in [0, 0.05) is 36.9 Å². The standard InChI is InChI=1S/C17H20ClN5O3/c1-11(20-22-9-7-21(2)8-10-22)14-15(24)19-17(26)23(16(14)25)13-5-3-12(18)4-6-13/h3-6,14,20H,1,7-10H2,2H3,(H,19,24,26)/t14-/m1/s1. The van der Waals surface area contributed by atoms with Gasteiger partial charge in [0.2, 0.25) is 5.91 Å². The number of nitrogens with zero attached hydrogens (tertiary/aromatic N) is 3. The third kappa shape index (κ3) is 3.72. The van der Waals surface area contributed by atoms with E-state index in [1.807, 2.05) is 12.1 Å². The van der Waals surface area contributed by atoms with Crippen molar-refractivity contribution in [2.45, 2.75) is 0 Å². The summed E-state index contributed by atoms with van der Waals surface area (Å²) in [6.07, 6.45) is 0. The first kappa shape index (κ1) is 18.4. The van der Waals surface area contributed by atoms with E-state index >= 15 is 0 Å². The smallest absolute Gasteiger partial charge is 0.322 e. The Morgan fingerprint density at radius 2 is 1.77 bits per heavy atom. The van der Waals surface area contributed by atoms with Crippen LogP contribution in [-0.2, 0) is 9.59 Å². The van der Waals surface area contributed by atoms with Gasteiger partial charge in [0.25, 0.3) is 5.91 Å². The molecule has 9 heteroatoms. The van der Waals surface area contributed by atoms with Crippen molar-refractivity contribution in [1.82, 2.24) is 20.7 Å². The summed E-state index contributed by atoms with van der Waals surface area (Å²) in [5, 5.41) is 4.60. The lowest BCUT2D eigenvalue weighted by molar-refractivity contribution is -0.133. The van der Waals surface area contributed by atoms with E-state index in [1.165, 1.54) is 0 Å². The Kier molecular flexibility index (Phi) is 5.26. The van der Waals surface area contributed by atoms with Crippen molar-refractivity contribution in [2.24, 2.45) is 5.92 Å². The van der Waals surface area contributed by atoms with Gasteiger partial charge in [-0.05, 0) is 31.3 Å². The molecule has 0 radical (unpaired) electrons. The van der Waals surface area contributed by atoms with Crippen molar-refractivity contribution < 1.29 is 14.4 Å². The molecule has 26 heavy (non-hydrogen) atoms. The van der Waals surface area contributed by atoms with Crippen LogP contribution in [0.4, 0.5) is 10.5 Å². The van der Waals surface area contributed by atoms with Crippen molar-refractivity contribution in [3.05, 3.63) is 41.6 Å². The van der Waals surface area contributed by atoms with Gasteiger partial charge in [-0.2, -0.15) is 0 Å². The van der Waals surface area contributed by atoms with Gasteiger partial charge >= 0.3 is 6.03 Å². The predicted octanol–water partition coefficient (Wildman–Crippen LogP) is 0.805. The number of barbiturate groups is 1. The van der Waals surface area contributed by atoms with Crippen LogP contribution in [0.3, 0.4) is 0 Å². The van der Waals surface area contributed by atoms with E-state index in [1.54, 1.807) is 24.3 Å². The molecule has 2 fully saturated rings. The molecule has 2 aliphatic rings. The molecule has 3 rings (SSSR count). The SMILES string of the molecule is C=C(NN1CCN(C)CC1)[C@@H]1C(=O)NC(=O)N(c2ccc(Cl)cc2)C1=O. The van der Waals surface area contributed by atoms with Crippen LogP contribution in [0.2, 0.25) is 5.02 Å². The number of imide groups is 2. The van der Waals surface area contributed by atoms with E-state index in [2.05, 4.69) is 22.2 Å². The van der Waals surface area contributed by atoms with E-state index in [4.69, 9.17) is 11.6 Å². The maximum Gasteiger partial charge on any atom is 0.335 e. The first-order valence-electron chi connectivity index (χ1n) is 8.20. The summed E-state index contributed by atoms with van der Waals surface area (Å²) in [6.45, 7) is 7.04.